The van der Waals surface area contributed by atoms with Crippen LogP contribution in [0.2, 0.25) is 0 Å². The van der Waals surface area contributed by atoms with E-state index in [1.807, 2.05) is 40.6 Å². The lowest BCUT2D eigenvalue weighted by Gasteiger charge is -2.29. The zero-order valence-corrected chi connectivity index (χ0v) is 14.1. The largest absolute Gasteiger partial charge is 0.335 e. The maximum absolute atomic E-state index is 12.7. The van der Waals surface area contributed by atoms with Crippen molar-refractivity contribution in [3.05, 3.63) is 46.2 Å². The number of nitrogens with zero attached hydrogens (tertiary/aromatic N) is 1. The van der Waals surface area contributed by atoms with Crippen molar-refractivity contribution in [3.63, 3.8) is 0 Å². The van der Waals surface area contributed by atoms with Crippen molar-refractivity contribution in [1.29, 1.82) is 0 Å². The van der Waals surface area contributed by atoms with Crippen LogP contribution in [0.5, 0.6) is 0 Å². The zero-order chi connectivity index (χ0) is 16.5. The summed E-state index contributed by atoms with van der Waals surface area (Å²) < 4.78 is 0. The van der Waals surface area contributed by atoms with Gasteiger partial charge in [0.25, 0.3) is 5.91 Å². The predicted molar refractivity (Wildman–Crippen MR) is 95.9 cm³/mol. The first-order valence-corrected chi connectivity index (χ1v) is 9.14. The molecule has 124 valence electrons. The number of amides is 3. The van der Waals surface area contributed by atoms with Crippen LogP contribution in [0.3, 0.4) is 0 Å². The number of rotatable bonds is 3. The van der Waals surface area contributed by atoms with Crippen molar-refractivity contribution in [1.82, 2.24) is 5.32 Å². The van der Waals surface area contributed by atoms with E-state index in [0.717, 1.165) is 54.0 Å². The number of anilines is 2. The molecule has 2 aromatic rings. The first-order chi connectivity index (χ1) is 11.7. The third-order valence-electron chi connectivity index (χ3n) is 4.35. The molecule has 2 heterocycles. The highest BCUT2D eigenvalue weighted by Gasteiger charge is 2.25. The summed E-state index contributed by atoms with van der Waals surface area (Å²) in [6.45, 7) is 0.735. The Morgan fingerprint density at radius 1 is 1.21 bits per heavy atom. The van der Waals surface area contributed by atoms with Gasteiger partial charge >= 0.3 is 6.03 Å². The van der Waals surface area contributed by atoms with Gasteiger partial charge in [-0.1, -0.05) is 6.07 Å². The molecule has 1 saturated carbocycles. The zero-order valence-electron chi connectivity index (χ0n) is 13.2. The second kappa shape index (κ2) is 6.28. The van der Waals surface area contributed by atoms with E-state index < -0.39 is 0 Å². The monoisotopic (exact) mass is 341 g/mol. The summed E-state index contributed by atoms with van der Waals surface area (Å²) >= 11 is 1.47. The van der Waals surface area contributed by atoms with Crippen LogP contribution in [0.4, 0.5) is 16.2 Å². The molecule has 4 rings (SSSR count). The fraction of sp³-hybridized carbons (Fsp3) is 0.333. The number of benzene rings is 1. The van der Waals surface area contributed by atoms with Crippen LogP contribution in [0.1, 0.15) is 34.5 Å². The van der Waals surface area contributed by atoms with E-state index in [1.54, 1.807) is 0 Å². The second-order valence-electron chi connectivity index (χ2n) is 6.25. The maximum atomic E-state index is 12.7. The lowest BCUT2D eigenvalue weighted by Crippen LogP contribution is -2.35. The molecule has 0 spiro atoms. The van der Waals surface area contributed by atoms with E-state index in [1.165, 1.54) is 11.3 Å². The van der Waals surface area contributed by atoms with Gasteiger partial charge in [0.2, 0.25) is 0 Å². The van der Waals surface area contributed by atoms with Gasteiger partial charge in [-0.05, 0) is 60.9 Å². The Bertz CT molecular complexity index is 769. The van der Waals surface area contributed by atoms with E-state index >= 15 is 0 Å². The molecule has 1 aliphatic heterocycles. The molecule has 0 saturated heterocycles. The Kier molecular flexibility index (Phi) is 3.98. The second-order valence-corrected chi connectivity index (χ2v) is 7.20. The number of hydrogen-bond donors (Lipinski definition) is 2. The number of hydrogen-bond acceptors (Lipinski definition) is 3. The molecule has 1 fully saturated rings. The van der Waals surface area contributed by atoms with Crippen LogP contribution in [0.15, 0.2) is 35.7 Å². The molecule has 1 aromatic carbocycles. The van der Waals surface area contributed by atoms with Crippen molar-refractivity contribution in [3.8, 4) is 0 Å². The first-order valence-electron chi connectivity index (χ1n) is 8.26. The maximum Gasteiger partial charge on any atom is 0.319 e. The fourth-order valence-electron chi connectivity index (χ4n) is 3.00. The average Bonchev–Trinajstić information content (AvgIpc) is 3.22. The van der Waals surface area contributed by atoms with Gasteiger partial charge in [0.1, 0.15) is 0 Å². The summed E-state index contributed by atoms with van der Waals surface area (Å²) in [4.78, 5) is 27.1. The van der Waals surface area contributed by atoms with Gasteiger partial charge in [0.15, 0.2) is 0 Å². The molecule has 2 aliphatic rings. The smallest absolute Gasteiger partial charge is 0.319 e. The highest BCUT2D eigenvalue weighted by atomic mass is 32.1. The molecule has 0 radical (unpaired) electrons. The van der Waals surface area contributed by atoms with Crippen LogP contribution in [-0.2, 0) is 6.42 Å². The third kappa shape index (κ3) is 3.14. The normalized spacial score (nSPS) is 16.4. The van der Waals surface area contributed by atoms with Gasteiger partial charge in [0.05, 0.1) is 4.88 Å². The number of carbonyl (C=O) groups excluding carboxylic acids is 2. The highest BCUT2D eigenvalue weighted by Crippen LogP contribution is 2.31. The molecule has 0 bridgehead atoms. The van der Waals surface area contributed by atoms with E-state index in [9.17, 15) is 9.59 Å². The Morgan fingerprint density at radius 2 is 2.08 bits per heavy atom. The summed E-state index contributed by atoms with van der Waals surface area (Å²) in [5, 5.41) is 7.72. The van der Waals surface area contributed by atoms with E-state index in [4.69, 9.17) is 0 Å². The number of thiophene rings is 1. The lowest BCUT2D eigenvalue weighted by molar-refractivity contribution is 0.0989. The topological polar surface area (TPSA) is 61.4 Å². The molecule has 6 heteroatoms. The SMILES string of the molecule is O=C(Nc1ccc2c(c1)CCCN2C(=O)c1cccs1)NC1CC1. The minimum absolute atomic E-state index is 0.0538. The number of carbonyl (C=O) groups is 2. The molecular weight excluding hydrogens is 322 g/mol. The summed E-state index contributed by atoms with van der Waals surface area (Å²) in [6.07, 6.45) is 3.99. The molecule has 1 aliphatic carbocycles. The predicted octanol–water partition coefficient (Wildman–Crippen LogP) is 3.63. The summed E-state index contributed by atoms with van der Waals surface area (Å²) in [5.74, 6) is 0.0538. The number of aryl methyl sites for hydroxylation is 1. The van der Waals surface area contributed by atoms with Crippen LogP contribution < -0.4 is 15.5 Å². The van der Waals surface area contributed by atoms with Gasteiger partial charge in [-0.15, -0.1) is 11.3 Å². The molecule has 0 atom stereocenters. The van der Waals surface area contributed by atoms with E-state index in [2.05, 4.69) is 10.6 Å². The Hall–Kier alpha value is -2.34. The first kappa shape index (κ1) is 15.2. The molecule has 5 nitrogen and oxygen atoms in total. The Morgan fingerprint density at radius 3 is 2.83 bits per heavy atom. The molecule has 3 amide bonds. The summed E-state index contributed by atoms with van der Waals surface area (Å²) in [5.41, 5.74) is 2.83. The van der Waals surface area contributed by atoms with Gasteiger partial charge in [-0.25, -0.2) is 4.79 Å². The molecule has 1 aromatic heterocycles. The minimum Gasteiger partial charge on any atom is -0.335 e. The van der Waals surface area contributed by atoms with Crippen molar-refractivity contribution in [2.75, 3.05) is 16.8 Å². The molecule has 24 heavy (non-hydrogen) atoms. The Labute approximate surface area is 144 Å². The van der Waals surface area contributed by atoms with Gasteiger partial charge in [-0.2, -0.15) is 0 Å². The van der Waals surface area contributed by atoms with Crippen LogP contribution in [0.25, 0.3) is 0 Å². The minimum atomic E-state index is -0.153. The van der Waals surface area contributed by atoms with Crippen molar-refractivity contribution in [2.24, 2.45) is 0 Å². The van der Waals surface area contributed by atoms with E-state index in [-0.39, 0.29) is 11.9 Å². The number of nitrogens with one attached hydrogen (secondary N) is 2. The standard InChI is InChI=1S/C18H19N3O2S/c22-17(16-4-2-10-24-16)21-9-1-3-12-11-14(7-8-15(12)21)20-18(23)19-13-5-6-13/h2,4,7-8,10-11,13H,1,3,5-6,9H2,(H2,19,20,23). The number of fused-ring (bicyclic) bond motifs is 1. The molecular formula is C18H19N3O2S. The van der Waals surface area contributed by atoms with Gasteiger partial charge in [-0.3, -0.25) is 4.79 Å². The van der Waals surface area contributed by atoms with E-state index in [0.29, 0.717) is 6.04 Å². The highest BCUT2D eigenvalue weighted by molar-refractivity contribution is 7.12. The third-order valence-corrected chi connectivity index (χ3v) is 5.20. The van der Waals surface area contributed by atoms with Crippen LogP contribution in [0, 0.1) is 0 Å². The molecule has 2 N–H and O–H groups in total. The average molecular weight is 341 g/mol. The van der Waals surface area contributed by atoms with Crippen molar-refractivity contribution in [2.45, 2.75) is 31.7 Å². The van der Waals surface area contributed by atoms with Crippen molar-refractivity contribution >= 4 is 34.6 Å². The van der Waals surface area contributed by atoms with Crippen LogP contribution in [-0.4, -0.2) is 24.5 Å². The van der Waals surface area contributed by atoms with Gasteiger partial charge < -0.3 is 15.5 Å². The Balaban J connectivity index is 1.53. The summed E-state index contributed by atoms with van der Waals surface area (Å²) in [7, 11) is 0. The molecule has 0 unspecified atom stereocenters. The summed E-state index contributed by atoms with van der Waals surface area (Å²) in [6, 6.07) is 9.72. The number of urea groups is 1. The van der Waals surface area contributed by atoms with Crippen LogP contribution >= 0.6 is 11.3 Å². The quantitative estimate of drug-likeness (QED) is 0.895. The van der Waals surface area contributed by atoms with Crippen molar-refractivity contribution < 1.29 is 9.59 Å². The fourth-order valence-corrected chi connectivity index (χ4v) is 3.67. The lowest BCUT2D eigenvalue weighted by atomic mass is 10.0. The van der Waals surface area contributed by atoms with Gasteiger partial charge in [0, 0.05) is 24.0 Å².